The Morgan fingerprint density at radius 3 is 2.54 bits per heavy atom. The summed E-state index contributed by atoms with van der Waals surface area (Å²) in [5.41, 5.74) is -2.08. The zero-order chi connectivity index (χ0) is 20.6. The number of nitrogens with zero attached hydrogens (tertiary/aromatic N) is 3. The molecule has 7 nitrogen and oxygen atoms in total. The molecule has 2 aromatic heterocycles. The van der Waals surface area contributed by atoms with E-state index >= 15 is 0 Å². The third-order valence-corrected chi connectivity index (χ3v) is 4.80. The molecular formula is C16H10F4N4O3S. The first kappa shape index (κ1) is 19.5. The van der Waals surface area contributed by atoms with Crippen LogP contribution >= 0.6 is 11.3 Å². The van der Waals surface area contributed by atoms with Crippen molar-refractivity contribution >= 4 is 28.6 Å². The van der Waals surface area contributed by atoms with Gasteiger partial charge in [-0.2, -0.15) is 18.3 Å². The molecular weight excluding hydrogens is 404 g/mol. The van der Waals surface area contributed by atoms with Gasteiger partial charge in [-0.25, -0.2) is 4.39 Å². The summed E-state index contributed by atoms with van der Waals surface area (Å²) >= 11 is 0.608. The first-order valence-electron chi connectivity index (χ1n) is 7.53. The summed E-state index contributed by atoms with van der Waals surface area (Å²) in [6, 6.07) is 6.90. The molecule has 0 saturated heterocycles. The van der Waals surface area contributed by atoms with E-state index in [9.17, 15) is 32.5 Å². The van der Waals surface area contributed by atoms with Gasteiger partial charge in [-0.15, -0.1) is 11.3 Å². The average molecular weight is 414 g/mol. The lowest BCUT2D eigenvalue weighted by atomic mass is 10.2. The molecule has 0 fully saturated rings. The predicted molar refractivity (Wildman–Crippen MR) is 92.5 cm³/mol. The lowest BCUT2D eigenvalue weighted by molar-refractivity contribution is -0.383. The Bertz CT molecular complexity index is 1070. The molecule has 0 radical (unpaired) electrons. The number of para-hydroxylation sites is 1. The number of amides is 1. The molecule has 0 saturated carbocycles. The summed E-state index contributed by atoms with van der Waals surface area (Å²) in [6.45, 7) is 0. The molecule has 12 heteroatoms. The van der Waals surface area contributed by atoms with Crippen LogP contribution in [0.15, 0.2) is 36.4 Å². The van der Waals surface area contributed by atoms with Crippen LogP contribution in [0.1, 0.15) is 15.4 Å². The number of thiophene rings is 1. The second-order valence-corrected chi connectivity index (χ2v) is 6.60. The highest BCUT2D eigenvalue weighted by Gasteiger charge is 2.36. The molecule has 1 aromatic carbocycles. The highest BCUT2D eigenvalue weighted by atomic mass is 32.1. The van der Waals surface area contributed by atoms with E-state index < -0.39 is 34.2 Å². The fourth-order valence-corrected chi connectivity index (χ4v) is 3.45. The van der Waals surface area contributed by atoms with Crippen molar-refractivity contribution in [3.63, 3.8) is 0 Å². The summed E-state index contributed by atoms with van der Waals surface area (Å²) < 4.78 is 53.1. The van der Waals surface area contributed by atoms with Gasteiger partial charge in [-0.3, -0.25) is 19.6 Å². The molecule has 28 heavy (non-hydrogen) atoms. The Morgan fingerprint density at radius 2 is 1.96 bits per heavy atom. The van der Waals surface area contributed by atoms with Gasteiger partial charge in [0, 0.05) is 13.1 Å². The predicted octanol–water partition coefficient (Wildman–Crippen LogP) is 4.47. The van der Waals surface area contributed by atoms with Crippen molar-refractivity contribution in [2.75, 3.05) is 5.32 Å². The Morgan fingerprint density at radius 1 is 1.29 bits per heavy atom. The van der Waals surface area contributed by atoms with Crippen LogP contribution in [0.5, 0.6) is 0 Å². The van der Waals surface area contributed by atoms with Gasteiger partial charge in [-0.1, -0.05) is 12.1 Å². The molecule has 0 atom stereocenters. The van der Waals surface area contributed by atoms with E-state index in [4.69, 9.17) is 0 Å². The number of nitro groups is 1. The first-order valence-corrected chi connectivity index (χ1v) is 8.35. The maximum atomic E-state index is 13.7. The maximum Gasteiger partial charge on any atom is 0.435 e. The number of rotatable bonds is 4. The van der Waals surface area contributed by atoms with Crippen molar-refractivity contribution in [3.05, 3.63) is 62.9 Å². The fourth-order valence-electron chi connectivity index (χ4n) is 2.38. The number of hydrogen-bond acceptors (Lipinski definition) is 5. The van der Waals surface area contributed by atoms with Crippen molar-refractivity contribution < 1.29 is 27.3 Å². The van der Waals surface area contributed by atoms with Crippen LogP contribution in [0.4, 0.5) is 28.9 Å². The van der Waals surface area contributed by atoms with Crippen LogP contribution in [0, 0.1) is 15.9 Å². The minimum absolute atomic E-state index is 0.134. The van der Waals surface area contributed by atoms with Crippen molar-refractivity contribution in [2.45, 2.75) is 6.18 Å². The minimum Gasteiger partial charge on any atom is -0.319 e. The van der Waals surface area contributed by atoms with E-state index in [0.29, 0.717) is 17.4 Å². The van der Waals surface area contributed by atoms with E-state index in [1.807, 2.05) is 0 Å². The summed E-state index contributed by atoms with van der Waals surface area (Å²) in [5.74, 6) is -1.54. The maximum absolute atomic E-state index is 13.7. The van der Waals surface area contributed by atoms with Crippen LogP contribution in [-0.4, -0.2) is 20.6 Å². The number of carbonyl (C=O) groups excluding carboxylic acids is 1. The number of anilines is 1. The highest BCUT2D eigenvalue weighted by molar-refractivity contribution is 7.18. The molecule has 1 N–H and O–H groups in total. The molecule has 2 heterocycles. The van der Waals surface area contributed by atoms with Gasteiger partial charge in [0.05, 0.1) is 21.2 Å². The zero-order valence-corrected chi connectivity index (χ0v) is 14.8. The second kappa shape index (κ2) is 7.03. The van der Waals surface area contributed by atoms with Gasteiger partial charge in [0.2, 0.25) is 0 Å². The van der Waals surface area contributed by atoms with Crippen molar-refractivity contribution in [1.29, 1.82) is 0 Å². The largest absolute Gasteiger partial charge is 0.435 e. The number of alkyl halides is 3. The number of carbonyl (C=O) groups is 1. The number of halogens is 4. The van der Waals surface area contributed by atoms with Gasteiger partial charge in [0.1, 0.15) is 10.7 Å². The fraction of sp³-hybridized carbons (Fsp3) is 0.125. The van der Waals surface area contributed by atoms with Gasteiger partial charge in [0.15, 0.2) is 5.69 Å². The standard InChI is InChI=1S/C16H10F4N4O3S/c1-23-10(7-13(22-23)16(18,19)20)14-11(24(26)27)6-12(28-14)15(25)21-9-5-3-2-4-8(9)17/h2-7H,1H3,(H,21,25). The molecule has 0 spiro atoms. The average Bonchev–Trinajstić information content (AvgIpc) is 3.20. The lowest BCUT2D eigenvalue weighted by Gasteiger charge is -2.03. The van der Waals surface area contributed by atoms with Crippen LogP contribution in [0.25, 0.3) is 10.6 Å². The zero-order valence-electron chi connectivity index (χ0n) is 14.0. The van der Waals surface area contributed by atoms with Crippen LogP contribution < -0.4 is 5.32 Å². The summed E-state index contributed by atoms with van der Waals surface area (Å²) in [4.78, 5) is 22.5. The minimum atomic E-state index is -4.73. The van der Waals surface area contributed by atoms with Crippen LogP contribution in [0.3, 0.4) is 0 Å². The van der Waals surface area contributed by atoms with E-state index in [2.05, 4.69) is 10.4 Å². The third kappa shape index (κ3) is 3.71. The normalized spacial score (nSPS) is 11.5. The number of aromatic nitrogens is 2. The summed E-state index contributed by atoms with van der Waals surface area (Å²) in [5, 5.41) is 16.9. The highest BCUT2D eigenvalue weighted by Crippen LogP contribution is 2.40. The van der Waals surface area contributed by atoms with E-state index in [1.165, 1.54) is 25.2 Å². The number of nitrogens with one attached hydrogen (secondary N) is 1. The van der Waals surface area contributed by atoms with E-state index in [-0.39, 0.29) is 21.1 Å². The van der Waals surface area contributed by atoms with E-state index in [1.54, 1.807) is 0 Å². The van der Waals surface area contributed by atoms with Gasteiger partial charge >= 0.3 is 6.18 Å². The van der Waals surface area contributed by atoms with Gasteiger partial charge < -0.3 is 5.32 Å². The molecule has 1 amide bonds. The Labute approximate surface area is 158 Å². The van der Waals surface area contributed by atoms with Crippen molar-refractivity contribution in [1.82, 2.24) is 9.78 Å². The second-order valence-electron chi connectivity index (χ2n) is 5.55. The number of hydrogen-bond donors (Lipinski definition) is 1. The topological polar surface area (TPSA) is 90.1 Å². The van der Waals surface area contributed by atoms with E-state index in [0.717, 1.165) is 16.8 Å². The summed E-state index contributed by atoms with van der Waals surface area (Å²) in [6.07, 6.45) is -4.73. The summed E-state index contributed by atoms with van der Waals surface area (Å²) in [7, 11) is 1.20. The molecule has 0 unspecified atom stereocenters. The van der Waals surface area contributed by atoms with Crippen LogP contribution in [0.2, 0.25) is 0 Å². The first-order chi connectivity index (χ1) is 13.1. The molecule has 3 aromatic rings. The van der Waals surface area contributed by atoms with Crippen molar-refractivity contribution in [3.8, 4) is 10.6 Å². The Hall–Kier alpha value is -3.28. The van der Waals surface area contributed by atoms with Gasteiger partial charge in [-0.05, 0) is 18.2 Å². The molecule has 0 aliphatic heterocycles. The molecule has 146 valence electrons. The van der Waals surface area contributed by atoms with Gasteiger partial charge in [0.25, 0.3) is 11.6 Å². The quantitative estimate of drug-likeness (QED) is 0.388. The SMILES string of the molecule is Cn1nc(C(F)(F)F)cc1-c1sc(C(=O)Nc2ccccc2F)cc1[N+](=O)[O-]. The Kier molecular flexibility index (Phi) is 4.89. The lowest BCUT2D eigenvalue weighted by Crippen LogP contribution is -2.11. The number of benzene rings is 1. The third-order valence-electron chi connectivity index (χ3n) is 3.66. The smallest absolute Gasteiger partial charge is 0.319 e. The Balaban J connectivity index is 2.01. The number of aryl methyl sites for hydroxylation is 1. The monoisotopic (exact) mass is 414 g/mol. The molecule has 0 bridgehead atoms. The van der Waals surface area contributed by atoms with Crippen LogP contribution in [-0.2, 0) is 13.2 Å². The molecule has 0 aliphatic carbocycles. The molecule has 0 aliphatic rings. The van der Waals surface area contributed by atoms with Crippen molar-refractivity contribution in [2.24, 2.45) is 7.05 Å². The molecule has 3 rings (SSSR count).